The van der Waals surface area contributed by atoms with Crippen LogP contribution in [0, 0.1) is 0 Å². The molecule has 3 aromatic rings. The Bertz CT molecular complexity index is 1200. The van der Waals surface area contributed by atoms with E-state index in [1.165, 1.54) is 43.1 Å². The van der Waals surface area contributed by atoms with Crippen molar-refractivity contribution in [2.24, 2.45) is 0 Å². The molecule has 1 aromatic carbocycles. The van der Waals surface area contributed by atoms with Crippen LogP contribution >= 0.6 is 0 Å². The molecule has 2 amide bonds. The van der Waals surface area contributed by atoms with Crippen molar-refractivity contribution in [1.82, 2.24) is 25.6 Å². The summed E-state index contributed by atoms with van der Waals surface area (Å²) in [5.41, 5.74) is -0.731. The number of carbonyl (C=O) groups excluding carboxylic acids is 2. The van der Waals surface area contributed by atoms with Crippen LogP contribution in [0.3, 0.4) is 0 Å². The predicted octanol–water partition coefficient (Wildman–Crippen LogP) is 4.38. The van der Waals surface area contributed by atoms with Crippen LogP contribution in [-0.2, 0) is 17.5 Å². The monoisotopic (exact) mass is 498 g/mol. The fraction of sp³-hybridized carbons (Fsp3) is 0.320. The number of halogens is 3. The Morgan fingerprint density at radius 1 is 0.944 bits per heavy atom. The molecule has 0 saturated heterocycles. The molecule has 188 valence electrons. The van der Waals surface area contributed by atoms with Crippen molar-refractivity contribution < 1.29 is 22.8 Å². The van der Waals surface area contributed by atoms with E-state index in [0.29, 0.717) is 24.2 Å². The number of amides is 2. The van der Waals surface area contributed by atoms with E-state index in [-0.39, 0.29) is 23.7 Å². The van der Waals surface area contributed by atoms with E-state index in [4.69, 9.17) is 0 Å². The van der Waals surface area contributed by atoms with Crippen LogP contribution in [0.1, 0.15) is 53.7 Å². The fourth-order valence-corrected chi connectivity index (χ4v) is 4.21. The van der Waals surface area contributed by atoms with Crippen LogP contribution in [0.2, 0.25) is 0 Å². The summed E-state index contributed by atoms with van der Waals surface area (Å²) in [7, 11) is 0. The Hall–Kier alpha value is -4.02. The van der Waals surface area contributed by atoms with Crippen molar-refractivity contribution >= 4 is 23.2 Å². The maximum absolute atomic E-state index is 13.2. The van der Waals surface area contributed by atoms with Crippen molar-refractivity contribution in [3.63, 3.8) is 0 Å². The number of hydrogen-bond acceptors (Lipinski definition) is 6. The number of carbonyl (C=O) groups is 2. The van der Waals surface area contributed by atoms with Gasteiger partial charge in [0.05, 0.1) is 40.9 Å². The van der Waals surface area contributed by atoms with Crippen molar-refractivity contribution in [3.05, 3.63) is 78.1 Å². The van der Waals surface area contributed by atoms with Gasteiger partial charge in [0.2, 0.25) is 5.91 Å². The van der Waals surface area contributed by atoms with Gasteiger partial charge in [0.25, 0.3) is 5.91 Å². The molecule has 0 aliphatic heterocycles. The van der Waals surface area contributed by atoms with E-state index < -0.39 is 23.2 Å². The normalized spacial score (nSPS) is 15.1. The zero-order valence-electron chi connectivity index (χ0n) is 19.3. The molecule has 36 heavy (non-hydrogen) atoms. The van der Waals surface area contributed by atoms with Gasteiger partial charge >= 0.3 is 6.18 Å². The number of nitrogens with one attached hydrogen (secondary N) is 3. The third-order valence-corrected chi connectivity index (χ3v) is 6.08. The number of benzene rings is 1. The molecule has 2 heterocycles. The highest BCUT2D eigenvalue weighted by Crippen LogP contribution is 2.35. The van der Waals surface area contributed by atoms with Gasteiger partial charge in [0, 0.05) is 12.4 Å². The number of pyridine rings is 1. The minimum absolute atomic E-state index is 0.0772. The summed E-state index contributed by atoms with van der Waals surface area (Å²) in [6.07, 6.45) is 4.62. The topological polar surface area (TPSA) is 109 Å². The molecule has 4 rings (SSSR count). The van der Waals surface area contributed by atoms with Gasteiger partial charge in [0.1, 0.15) is 11.9 Å². The summed E-state index contributed by atoms with van der Waals surface area (Å²) < 4.78 is 39.7. The minimum atomic E-state index is -4.49. The maximum Gasteiger partial charge on any atom is 0.418 e. The summed E-state index contributed by atoms with van der Waals surface area (Å²) in [4.78, 5) is 37.9. The average molecular weight is 499 g/mol. The van der Waals surface area contributed by atoms with Gasteiger partial charge in [-0.1, -0.05) is 31.4 Å². The summed E-state index contributed by atoms with van der Waals surface area (Å²) in [5, 5.41) is 8.47. The van der Waals surface area contributed by atoms with Crippen molar-refractivity contribution in [3.8, 4) is 0 Å². The largest absolute Gasteiger partial charge is 0.418 e. The first kappa shape index (κ1) is 25.1. The second-order valence-corrected chi connectivity index (χ2v) is 8.61. The molecule has 1 aliphatic carbocycles. The molecule has 0 bridgehead atoms. The first-order valence-corrected chi connectivity index (χ1v) is 11.5. The smallest absolute Gasteiger partial charge is 0.354 e. The zero-order chi connectivity index (χ0) is 25.6. The molecular formula is C25H25F3N6O2. The Kier molecular flexibility index (Phi) is 7.47. The number of aromatic nitrogens is 3. The van der Waals surface area contributed by atoms with Crippen molar-refractivity contribution in [1.29, 1.82) is 0 Å². The summed E-state index contributed by atoms with van der Waals surface area (Å²) in [5.74, 6) is -0.726. The van der Waals surface area contributed by atoms with Crippen molar-refractivity contribution in [2.45, 2.75) is 50.4 Å². The highest BCUT2D eigenvalue weighted by Gasteiger charge is 2.41. The van der Waals surface area contributed by atoms with Gasteiger partial charge in [0.15, 0.2) is 0 Å². The lowest BCUT2D eigenvalue weighted by molar-refractivity contribution is -0.137. The Morgan fingerprint density at radius 2 is 1.67 bits per heavy atom. The van der Waals surface area contributed by atoms with E-state index in [1.807, 2.05) is 0 Å². The number of rotatable bonds is 7. The van der Waals surface area contributed by atoms with Crippen LogP contribution in [-0.4, -0.2) is 32.3 Å². The average Bonchev–Trinajstić information content (AvgIpc) is 2.89. The molecule has 0 atom stereocenters. The van der Waals surface area contributed by atoms with Gasteiger partial charge in [-0.2, -0.15) is 13.2 Å². The highest BCUT2D eigenvalue weighted by molar-refractivity contribution is 5.98. The molecule has 1 aliphatic rings. The third kappa shape index (κ3) is 5.96. The number of anilines is 2. The number of alkyl halides is 3. The summed E-state index contributed by atoms with van der Waals surface area (Å²) in [6.45, 7) is 0.102. The van der Waals surface area contributed by atoms with E-state index in [1.54, 1.807) is 12.1 Å². The molecule has 2 aromatic heterocycles. The molecule has 3 N–H and O–H groups in total. The molecule has 1 saturated carbocycles. The molecular weight excluding hydrogens is 473 g/mol. The van der Waals surface area contributed by atoms with E-state index in [2.05, 4.69) is 30.9 Å². The van der Waals surface area contributed by atoms with Gasteiger partial charge in [-0.05, 0) is 37.1 Å². The van der Waals surface area contributed by atoms with Crippen LogP contribution in [0.15, 0.2) is 61.3 Å². The molecule has 0 spiro atoms. The lowest BCUT2D eigenvalue weighted by Gasteiger charge is -2.36. The molecule has 8 nitrogen and oxygen atoms in total. The minimum Gasteiger partial charge on any atom is -0.354 e. The Balaban J connectivity index is 1.40. The third-order valence-electron chi connectivity index (χ3n) is 6.08. The standard InChI is InChI=1S/C25H25F3N6O2/c26-25(27,28)20-6-2-3-7-21(20)33-19-9-8-18(31-15-19)14-32-23(36)24(10-4-1-5-11-24)34-22(35)17-12-29-16-30-13-17/h2-3,6-9,12-13,15-16,33H,1,4-5,10-11,14H2,(H,32,36)(H,34,35). The Morgan fingerprint density at radius 3 is 2.33 bits per heavy atom. The van der Waals surface area contributed by atoms with E-state index in [9.17, 15) is 22.8 Å². The highest BCUT2D eigenvalue weighted by atomic mass is 19.4. The van der Waals surface area contributed by atoms with Crippen LogP contribution in [0.4, 0.5) is 24.5 Å². The lowest BCUT2D eigenvalue weighted by atomic mass is 9.80. The summed E-state index contributed by atoms with van der Waals surface area (Å²) in [6, 6.07) is 8.40. The number of nitrogens with zero attached hydrogens (tertiary/aromatic N) is 3. The fourth-order valence-electron chi connectivity index (χ4n) is 4.21. The van der Waals surface area contributed by atoms with Crippen LogP contribution in [0.5, 0.6) is 0 Å². The first-order valence-electron chi connectivity index (χ1n) is 11.5. The maximum atomic E-state index is 13.2. The van der Waals surface area contributed by atoms with Crippen LogP contribution < -0.4 is 16.0 Å². The SMILES string of the molecule is O=C(NC1(C(=O)NCc2ccc(Nc3ccccc3C(F)(F)F)cn2)CCCCC1)c1cncnc1. The summed E-state index contributed by atoms with van der Waals surface area (Å²) >= 11 is 0. The van der Waals surface area contributed by atoms with Gasteiger partial charge < -0.3 is 16.0 Å². The molecule has 1 fully saturated rings. The molecule has 11 heteroatoms. The number of para-hydroxylation sites is 1. The van der Waals surface area contributed by atoms with E-state index in [0.717, 1.165) is 25.3 Å². The number of hydrogen-bond donors (Lipinski definition) is 3. The van der Waals surface area contributed by atoms with Gasteiger partial charge in [-0.15, -0.1) is 0 Å². The lowest BCUT2D eigenvalue weighted by Crippen LogP contribution is -2.59. The van der Waals surface area contributed by atoms with Crippen LogP contribution in [0.25, 0.3) is 0 Å². The quantitative estimate of drug-likeness (QED) is 0.446. The second kappa shape index (κ2) is 10.7. The first-order chi connectivity index (χ1) is 17.3. The predicted molar refractivity (Wildman–Crippen MR) is 126 cm³/mol. The zero-order valence-corrected chi connectivity index (χ0v) is 19.3. The van der Waals surface area contributed by atoms with E-state index >= 15 is 0 Å². The molecule has 0 unspecified atom stereocenters. The Labute approximate surface area is 205 Å². The second-order valence-electron chi connectivity index (χ2n) is 8.61. The van der Waals surface area contributed by atoms with Gasteiger partial charge in [-0.25, -0.2) is 9.97 Å². The van der Waals surface area contributed by atoms with Crippen molar-refractivity contribution in [2.75, 3.05) is 5.32 Å². The van der Waals surface area contributed by atoms with Gasteiger partial charge in [-0.3, -0.25) is 14.6 Å². The molecule has 0 radical (unpaired) electrons.